The van der Waals surface area contributed by atoms with Crippen LogP contribution in [-0.2, 0) is 14.3 Å². The quantitative estimate of drug-likeness (QED) is 0.598. The zero-order chi connectivity index (χ0) is 10.9. The smallest absolute Gasteiger partial charge is 0.328 e. The van der Waals surface area contributed by atoms with E-state index in [1.807, 2.05) is 0 Å². The molecular weight excluding hydrogens is 188 g/mol. The molecule has 1 aliphatic rings. The Hall–Kier alpha value is -1.14. The first-order valence-electron chi connectivity index (χ1n) is 4.29. The standard InChI is InChI=1S/C8H14N2O4/c1-8(2)10(6(11)3-9)5(4-14-8)7(12)13/h5H,3-4,9H2,1-2H3,(H,12,13)/t5-/m0/s1. The lowest BCUT2D eigenvalue weighted by Gasteiger charge is -2.31. The monoisotopic (exact) mass is 202 g/mol. The molecule has 0 spiro atoms. The SMILES string of the molecule is CC1(C)OC[C@@H](C(=O)O)N1C(=O)CN. The summed E-state index contributed by atoms with van der Waals surface area (Å²) < 4.78 is 5.22. The molecule has 6 heteroatoms. The molecule has 1 atom stereocenters. The van der Waals surface area contributed by atoms with E-state index in [2.05, 4.69) is 0 Å². The topological polar surface area (TPSA) is 92.9 Å². The van der Waals surface area contributed by atoms with Gasteiger partial charge in [-0.15, -0.1) is 0 Å². The maximum Gasteiger partial charge on any atom is 0.328 e. The van der Waals surface area contributed by atoms with Gasteiger partial charge in [-0.2, -0.15) is 0 Å². The van der Waals surface area contributed by atoms with Crippen molar-refractivity contribution in [3.63, 3.8) is 0 Å². The molecule has 1 rings (SSSR count). The number of nitrogens with two attached hydrogens (primary N) is 1. The second kappa shape index (κ2) is 3.55. The zero-order valence-electron chi connectivity index (χ0n) is 8.19. The molecule has 6 nitrogen and oxygen atoms in total. The van der Waals surface area contributed by atoms with E-state index in [1.54, 1.807) is 13.8 Å². The number of carbonyl (C=O) groups is 2. The summed E-state index contributed by atoms with van der Waals surface area (Å²) in [6.45, 7) is 3.08. The maximum atomic E-state index is 11.4. The van der Waals surface area contributed by atoms with E-state index in [0.717, 1.165) is 0 Å². The highest BCUT2D eigenvalue weighted by molar-refractivity contribution is 5.85. The Bertz CT molecular complexity index is 264. The zero-order valence-corrected chi connectivity index (χ0v) is 8.19. The summed E-state index contributed by atoms with van der Waals surface area (Å²) in [4.78, 5) is 23.4. The first-order valence-corrected chi connectivity index (χ1v) is 4.29. The number of carboxylic acid groups (broad SMARTS) is 1. The molecular formula is C8H14N2O4. The van der Waals surface area contributed by atoms with Gasteiger partial charge in [0.1, 0.15) is 5.72 Å². The average Bonchev–Trinajstić information content (AvgIpc) is 2.40. The normalized spacial score (nSPS) is 25.1. The number of carbonyl (C=O) groups excluding carboxylic acids is 1. The van der Waals surface area contributed by atoms with Gasteiger partial charge in [0.25, 0.3) is 0 Å². The minimum atomic E-state index is -1.07. The van der Waals surface area contributed by atoms with Crippen molar-refractivity contribution < 1.29 is 19.4 Å². The van der Waals surface area contributed by atoms with Gasteiger partial charge >= 0.3 is 5.97 Å². The number of amides is 1. The Balaban J connectivity index is 2.92. The largest absolute Gasteiger partial charge is 0.480 e. The molecule has 0 unspecified atom stereocenters. The summed E-state index contributed by atoms with van der Waals surface area (Å²) in [6.07, 6.45) is 0. The number of hydrogen-bond donors (Lipinski definition) is 2. The van der Waals surface area contributed by atoms with Gasteiger partial charge in [-0.05, 0) is 13.8 Å². The summed E-state index contributed by atoms with van der Waals surface area (Å²) in [5, 5.41) is 8.85. The average molecular weight is 202 g/mol. The van der Waals surface area contributed by atoms with Crippen molar-refractivity contribution in [2.24, 2.45) is 5.73 Å². The van der Waals surface area contributed by atoms with Gasteiger partial charge in [-0.25, -0.2) is 4.79 Å². The minimum absolute atomic E-state index is 0.00801. The Labute approximate surface area is 81.6 Å². The molecule has 1 amide bonds. The minimum Gasteiger partial charge on any atom is -0.480 e. The fourth-order valence-electron chi connectivity index (χ4n) is 1.56. The number of nitrogens with zero attached hydrogens (tertiary/aromatic N) is 1. The van der Waals surface area contributed by atoms with E-state index in [9.17, 15) is 9.59 Å². The van der Waals surface area contributed by atoms with E-state index >= 15 is 0 Å². The Morgan fingerprint density at radius 3 is 2.64 bits per heavy atom. The van der Waals surface area contributed by atoms with Crippen LogP contribution in [-0.4, -0.2) is 46.8 Å². The van der Waals surface area contributed by atoms with Crippen LogP contribution >= 0.6 is 0 Å². The number of rotatable bonds is 2. The highest BCUT2D eigenvalue weighted by atomic mass is 16.5. The lowest BCUT2D eigenvalue weighted by Crippen LogP contribution is -2.52. The molecule has 1 aliphatic heterocycles. The van der Waals surface area contributed by atoms with Crippen molar-refractivity contribution in [1.29, 1.82) is 0 Å². The van der Waals surface area contributed by atoms with Gasteiger partial charge in [0.2, 0.25) is 5.91 Å². The fraction of sp³-hybridized carbons (Fsp3) is 0.750. The highest BCUT2D eigenvalue weighted by Gasteiger charge is 2.46. The second-order valence-electron chi connectivity index (χ2n) is 3.58. The molecule has 0 radical (unpaired) electrons. The van der Waals surface area contributed by atoms with Crippen LogP contribution in [0.2, 0.25) is 0 Å². The fourth-order valence-corrected chi connectivity index (χ4v) is 1.56. The molecule has 80 valence electrons. The number of carboxylic acids is 1. The predicted molar refractivity (Wildman–Crippen MR) is 47.4 cm³/mol. The van der Waals surface area contributed by atoms with Crippen LogP contribution in [0.25, 0.3) is 0 Å². The van der Waals surface area contributed by atoms with Crippen molar-refractivity contribution in [1.82, 2.24) is 4.90 Å². The summed E-state index contributed by atoms with van der Waals surface area (Å²) in [6, 6.07) is -0.930. The first kappa shape index (κ1) is 10.9. The summed E-state index contributed by atoms with van der Waals surface area (Å²) in [5.74, 6) is -1.49. The molecule has 0 bridgehead atoms. The number of ether oxygens (including phenoxy) is 1. The predicted octanol–water partition coefficient (Wildman–Crippen LogP) is -1.01. The van der Waals surface area contributed by atoms with Crippen molar-refractivity contribution in [3.05, 3.63) is 0 Å². The molecule has 0 aromatic carbocycles. The van der Waals surface area contributed by atoms with Crippen LogP contribution in [0.15, 0.2) is 0 Å². The lowest BCUT2D eigenvalue weighted by molar-refractivity contribution is -0.154. The van der Waals surface area contributed by atoms with E-state index in [4.69, 9.17) is 15.6 Å². The third kappa shape index (κ3) is 1.71. The molecule has 0 aliphatic carbocycles. The van der Waals surface area contributed by atoms with E-state index < -0.39 is 23.6 Å². The molecule has 0 saturated carbocycles. The Morgan fingerprint density at radius 1 is 1.64 bits per heavy atom. The van der Waals surface area contributed by atoms with Crippen LogP contribution in [0.4, 0.5) is 0 Å². The van der Waals surface area contributed by atoms with Crippen LogP contribution in [0.3, 0.4) is 0 Å². The van der Waals surface area contributed by atoms with Gasteiger partial charge in [0.05, 0.1) is 13.2 Å². The second-order valence-corrected chi connectivity index (χ2v) is 3.58. The van der Waals surface area contributed by atoms with Gasteiger partial charge < -0.3 is 15.6 Å². The molecule has 0 aromatic rings. The van der Waals surface area contributed by atoms with Crippen LogP contribution in [0, 0.1) is 0 Å². The van der Waals surface area contributed by atoms with E-state index in [1.165, 1.54) is 4.90 Å². The first-order chi connectivity index (χ1) is 6.40. The molecule has 1 saturated heterocycles. The summed E-state index contributed by atoms with van der Waals surface area (Å²) >= 11 is 0. The molecule has 1 heterocycles. The molecule has 3 N–H and O–H groups in total. The van der Waals surface area contributed by atoms with Crippen molar-refractivity contribution in [2.75, 3.05) is 13.2 Å². The summed E-state index contributed by atoms with van der Waals surface area (Å²) in [5.41, 5.74) is 4.31. The Morgan fingerprint density at radius 2 is 2.21 bits per heavy atom. The highest BCUT2D eigenvalue weighted by Crippen LogP contribution is 2.27. The van der Waals surface area contributed by atoms with Crippen LogP contribution in [0.5, 0.6) is 0 Å². The molecule has 14 heavy (non-hydrogen) atoms. The number of hydrogen-bond acceptors (Lipinski definition) is 4. The van der Waals surface area contributed by atoms with Gasteiger partial charge in [-0.3, -0.25) is 9.69 Å². The Kier molecular flexibility index (Phi) is 2.77. The number of aliphatic carboxylic acids is 1. The molecule has 0 aromatic heterocycles. The third-order valence-electron chi connectivity index (χ3n) is 2.21. The lowest BCUT2D eigenvalue weighted by atomic mass is 10.2. The summed E-state index contributed by atoms with van der Waals surface area (Å²) in [7, 11) is 0. The van der Waals surface area contributed by atoms with Crippen molar-refractivity contribution in [3.8, 4) is 0 Å². The molecule has 1 fully saturated rings. The van der Waals surface area contributed by atoms with Crippen LogP contribution in [0.1, 0.15) is 13.8 Å². The van der Waals surface area contributed by atoms with E-state index in [-0.39, 0.29) is 13.2 Å². The van der Waals surface area contributed by atoms with Crippen molar-refractivity contribution in [2.45, 2.75) is 25.6 Å². The van der Waals surface area contributed by atoms with Gasteiger partial charge in [-0.1, -0.05) is 0 Å². The third-order valence-corrected chi connectivity index (χ3v) is 2.21. The maximum absolute atomic E-state index is 11.4. The van der Waals surface area contributed by atoms with Gasteiger partial charge in [0, 0.05) is 0 Å². The van der Waals surface area contributed by atoms with Gasteiger partial charge in [0.15, 0.2) is 6.04 Å². The van der Waals surface area contributed by atoms with Crippen LogP contribution < -0.4 is 5.73 Å². The van der Waals surface area contributed by atoms with Crippen molar-refractivity contribution >= 4 is 11.9 Å². The van der Waals surface area contributed by atoms with E-state index in [0.29, 0.717) is 0 Å².